The molecule has 2 atom stereocenters. The third-order valence-electron chi connectivity index (χ3n) is 4.05. The Hall–Kier alpha value is -0.130. The summed E-state index contributed by atoms with van der Waals surface area (Å²) in [5, 5.41) is 3.54. The third-order valence-corrected chi connectivity index (χ3v) is 5.80. The van der Waals surface area contributed by atoms with E-state index in [0.29, 0.717) is 17.5 Å². The van der Waals surface area contributed by atoms with Gasteiger partial charge in [-0.2, -0.15) is 0 Å². The summed E-state index contributed by atoms with van der Waals surface area (Å²) in [5.41, 5.74) is 0. The lowest BCUT2D eigenvalue weighted by Crippen LogP contribution is -2.46. The highest BCUT2D eigenvalue weighted by atomic mass is 32.2. The Kier molecular flexibility index (Phi) is 4.10. The van der Waals surface area contributed by atoms with E-state index in [1.807, 2.05) is 0 Å². The minimum absolute atomic E-state index is 0.228. The van der Waals surface area contributed by atoms with Gasteiger partial charge in [-0.1, -0.05) is 6.92 Å². The van der Waals surface area contributed by atoms with Gasteiger partial charge in [0.2, 0.25) is 0 Å². The second-order valence-electron chi connectivity index (χ2n) is 5.47. The highest BCUT2D eigenvalue weighted by Crippen LogP contribution is 2.21. The highest BCUT2D eigenvalue weighted by Gasteiger charge is 2.33. The fourth-order valence-corrected chi connectivity index (χ4v) is 4.35. The lowest BCUT2D eigenvalue weighted by Gasteiger charge is -2.32. The topological polar surface area (TPSA) is 49.4 Å². The Morgan fingerprint density at radius 2 is 2.06 bits per heavy atom. The number of hydrogen-bond acceptors (Lipinski definition) is 4. The first-order valence-electron chi connectivity index (χ1n) is 6.67. The van der Waals surface area contributed by atoms with E-state index in [0.717, 1.165) is 25.4 Å². The van der Waals surface area contributed by atoms with Gasteiger partial charge < -0.3 is 5.32 Å². The van der Waals surface area contributed by atoms with Crippen LogP contribution in [0.1, 0.15) is 32.6 Å². The van der Waals surface area contributed by atoms with Crippen molar-refractivity contribution in [1.82, 2.24) is 10.2 Å². The molecule has 0 aromatic heterocycles. The molecule has 1 heterocycles. The maximum atomic E-state index is 11.5. The summed E-state index contributed by atoms with van der Waals surface area (Å²) in [6.45, 7) is 3.17. The third kappa shape index (κ3) is 3.66. The fraction of sp³-hybridized carbons (Fsp3) is 1.00. The summed E-state index contributed by atoms with van der Waals surface area (Å²) in [7, 11) is -0.686. The van der Waals surface area contributed by atoms with Gasteiger partial charge in [-0.05, 0) is 32.7 Å². The monoisotopic (exact) mass is 260 g/mol. The van der Waals surface area contributed by atoms with Crippen molar-refractivity contribution in [2.75, 3.05) is 25.1 Å². The van der Waals surface area contributed by atoms with Crippen molar-refractivity contribution in [3.8, 4) is 0 Å². The maximum Gasteiger partial charge on any atom is 0.151 e. The summed E-state index contributed by atoms with van der Waals surface area (Å²) >= 11 is 0. The van der Waals surface area contributed by atoms with Crippen molar-refractivity contribution in [1.29, 1.82) is 0 Å². The summed E-state index contributed by atoms with van der Waals surface area (Å²) < 4.78 is 23.0. The molecule has 0 spiro atoms. The number of rotatable bonds is 6. The number of nitrogens with zero attached hydrogens (tertiary/aromatic N) is 1. The molecule has 2 unspecified atom stereocenters. The highest BCUT2D eigenvalue weighted by molar-refractivity contribution is 7.91. The molecular weight excluding hydrogens is 236 g/mol. The first-order valence-corrected chi connectivity index (χ1v) is 8.49. The van der Waals surface area contributed by atoms with Crippen molar-refractivity contribution >= 4 is 9.84 Å². The Morgan fingerprint density at radius 3 is 2.53 bits per heavy atom. The van der Waals surface area contributed by atoms with E-state index in [9.17, 15) is 8.42 Å². The molecule has 2 fully saturated rings. The number of hydrogen-bond donors (Lipinski definition) is 1. The molecule has 4 nitrogen and oxygen atoms in total. The van der Waals surface area contributed by atoms with E-state index in [2.05, 4.69) is 24.2 Å². The number of likely N-dealkylation sites (N-methyl/N-ethyl adjacent to an activating group) is 1. The Morgan fingerprint density at radius 1 is 1.35 bits per heavy atom. The smallest absolute Gasteiger partial charge is 0.151 e. The molecule has 2 aliphatic rings. The zero-order chi connectivity index (χ0) is 12.5. The van der Waals surface area contributed by atoms with Crippen LogP contribution in [0.5, 0.6) is 0 Å². The molecule has 0 aromatic rings. The molecule has 1 aliphatic heterocycles. The van der Waals surface area contributed by atoms with Crippen LogP contribution in [0, 0.1) is 0 Å². The summed E-state index contributed by atoms with van der Waals surface area (Å²) in [6, 6.07) is 1.42. The van der Waals surface area contributed by atoms with Gasteiger partial charge in [-0.15, -0.1) is 0 Å². The first-order chi connectivity index (χ1) is 8.02. The van der Waals surface area contributed by atoms with Crippen LogP contribution < -0.4 is 5.32 Å². The summed E-state index contributed by atoms with van der Waals surface area (Å²) in [5.74, 6) is 0.720. The van der Waals surface area contributed by atoms with Gasteiger partial charge in [0.1, 0.15) is 0 Å². The van der Waals surface area contributed by atoms with Crippen molar-refractivity contribution in [3.05, 3.63) is 0 Å². The van der Waals surface area contributed by atoms with Gasteiger partial charge >= 0.3 is 0 Å². The normalized spacial score (nSPS) is 29.7. The largest absolute Gasteiger partial charge is 0.312 e. The Labute approximate surface area is 105 Å². The molecular formula is C12H24N2O2S. The second kappa shape index (κ2) is 5.24. The van der Waals surface area contributed by atoms with Crippen LogP contribution in [0.15, 0.2) is 0 Å². The fourth-order valence-electron chi connectivity index (χ4n) is 2.56. The van der Waals surface area contributed by atoms with E-state index < -0.39 is 9.84 Å². The average molecular weight is 260 g/mol. The molecule has 0 bridgehead atoms. The van der Waals surface area contributed by atoms with E-state index in [1.165, 1.54) is 12.8 Å². The van der Waals surface area contributed by atoms with E-state index in [1.54, 1.807) is 0 Å². The average Bonchev–Trinajstić information content (AvgIpc) is 3.02. The van der Waals surface area contributed by atoms with Gasteiger partial charge in [-0.25, -0.2) is 8.42 Å². The van der Waals surface area contributed by atoms with Crippen LogP contribution in [0.25, 0.3) is 0 Å². The number of nitrogens with one attached hydrogen (secondary N) is 1. The quantitative estimate of drug-likeness (QED) is 0.761. The van der Waals surface area contributed by atoms with Crippen LogP contribution in [0.4, 0.5) is 0 Å². The van der Waals surface area contributed by atoms with Gasteiger partial charge in [0, 0.05) is 24.7 Å². The van der Waals surface area contributed by atoms with Crippen molar-refractivity contribution in [3.63, 3.8) is 0 Å². The lowest BCUT2D eigenvalue weighted by molar-refractivity contribution is 0.178. The van der Waals surface area contributed by atoms with Crippen LogP contribution in [-0.4, -0.2) is 56.5 Å². The van der Waals surface area contributed by atoms with Gasteiger partial charge in [0.05, 0.1) is 11.5 Å². The molecule has 17 heavy (non-hydrogen) atoms. The summed E-state index contributed by atoms with van der Waals surface area (Å²) in [4.78, 5) is 2.28. The minimum Gasteiger partial charge on any atom is -0.312 e. The maximum absolute atomic E-state index is 11.5. The zero-order valence-corrected chi connectivity index (χ0v) is 11.7. The molecule has 5 heteroatoms. The molecule has 1 aliphatic carbocycles. The van der Waals surface area contributed by atoms with Crippen LogP contribution in [0.2, 0.25) is 0 Å². The molecule has 1 saturated heterocycles. The standard InChI is InChI=1S/C12H24N2O2S/c1-3-11(8-13-10-4-5-10)14(2)12-6-7-17(15,16)9-12/h10-13H,3-9H2,1-2H3. The van der Waals surface area contributed by atoms with E-state index >= 15 is 0 Å². The zero-order valence-electron chi connectivity index (χ0n) is 10.9. The molecule has 100 valence electrons. The van der Waals surface area contributed by atoms with Gasteiger partial charge in [-0.3, -0.25) is 4.90 Å². The van der Waals surface area contributed by atoms with E-state index in [-0.39, 0.29) is 6.04 Å². The lowest BCUT2D eigenvalue weighted by atomic mass is 10.1. The molecule has 0 radical (unpaired) electrons. The molecule has 2 rings (SSSR count). The van der Waals surface area contributed by atoms with Crippen molar-refractivity contribution in [2.24, 2.45) is 0 Å². The SMILES string of the molecule is CCC(CNC1CC1)N(C)C1CCS(=O)(=O)C1. The molecule has 0 amide bonds. The molecule has 0 aromatic carbocycles. The molecule has 1 N–H and O–H groups in total. The second-order valence-corrected chi connectivity index (χ2v) is 7.70. The predicted octanol–water partition coefficient (Wildman–Crippen LogP) is 0.636. The van der Waals surface area contributed by atoms with Crippen LogP contribution >= 0.6 is 0 Å². The number of sulfone groups is 1. The van der Waals surface area contributed by atoms with Gasteiger partial charge in [0.15, 0.2) is 9.84 Å². The molecule has 1 saturated carbocycles. The van der Waals surface area contributed by atoms with Crippen LogP contribution in [0.3, 0.4) is 0 Å². The Bertz CT molecular complexity index is 352. The summed E-state index contributed by atoms with van der Waals surface area (Å²) in [6.07, 6.45) is 4.49. The first kappa shape index (κ1) is 13.3. The van der Waals surface area contributed by atoms with Crippen molar-refractivity contribution < 1.29 is 8.42 Å². The van der Waals surface area contributed by atoms with Crippen molar-refractivity contribution in [2.45, 2.75) is 50.7 Å². The van der Waals surface area contributed by atoms with E-state index in [4.69, 9.17) is 0 Å². The van der Waals surface area contributed by atoms with Crippen LogP contribution in [-0.2, 0) is 9.84 Å². The Balaban J connectivity index is 1.85. The van der Waals surface area contributed by atoms with Gasteiger partial charge in [0.25, 0.3) is 0 Å². The minimum atomic E-state index is -2.76. The predicted molar refractivity (Wildman–Crippen MR) is 69.9 cm³/mol.